The van der Waals surface area contributed by atoms with E-state index in [1.807, 2.05) is 0 Å². The molecule has 1 aromatic heterocycles. The van der Waals surface area contributed by atoms with Crippen LogP contribution in [0.3, 0.4) is 0 Å². The van der Waals surface area contributed by atoms with Crippen molar-refractivity contribution in [2.45, 2.75) is 6.92 Å². The van der Waals surface area contributed by atoms with Gasteiger partial charge in [0.1, 0.15) is 5.82 Å². The Morgan fingerprint density at radius 2 is 2.28 bits per heavy atom. The minimum absolute atomic E-state index is 0.00816. The number of ether oxygens (including phenoxy) is 1. The second-order valence-corrected chi connectivity index (χ2v) is 3.55. The average molecular weight is 250 g/mol. The summed E-state index contributed by atoms with van der Waals surface area (Å²) < 4.78 is 18.0. The number of nitrogens with zero attached hydrogens (tertiary/aromatic N) is 2. The predicted octanol–water partition coefficient (Wildman–Crippen LogP) is 1.51. The smallest absolute Gasteiger partial charge is 0.258 e. The molecular weight excluding hydrogens is 239 g/mol. The van der Waals surface area contributed by atoms with Gasteiger partial charge in [0.25, 0.3) is 5.91 Å². The molecule has 0 spiro atoms. The molecule has 0 fully saturated rings. The van der Waals surface area contributed by atoms with Gasteiger partial charge in [0, 0.05) is 5.56 Å². The minimum atomic E-state index is -0.525. The Hall–Kier alpha value is -2.44. The van der Waals surface area contributed by atoms with Gasteiger partial charge in [0.05, 0.1) is 7.11 Å². The zero-order chi connectivity index (χ0) is 13.1. The van der Waals surface area contributed by atoms with Crippen molar-refractivity contribution in [3.05, 3.63) is 35.4 Å². The van der Waals surface area contributed by atoms with E-state index in [1.54, 1.807) is 6.92 Å². The van der Waals surface area contributed by atoms with Crippen LogP contribution in [0.1, 0.15) is 16.2 Å². The summed E-state index contributed by atoms with van der Waals surface area (Å²) in [7, 11) is 1.33. The normalized spacial score (nSPS) is 10.2. The van der Waals surface area contributed by atoms with E-state index in [-0.39, 0.29) is 17.3 Å². The molecule has 0 saturated heterocycles. The van der Waals surface area contributed by atoms with Crippen molar-refractivity contribution in [2.24, 2.45) is 0 Å². The van der Waals surface area contributed by atoms with E-state index in [4.69, 9.17) is 4.74 Å². The van der Waals surface area contributed by atoms with Gasteiger partial charge in [-0.3, -0.25) is 15.2 Å². The Labute approximate surface area is 102 Å². The quantitative estimate of drug-likeness (QED) is 0.865. The molecule has 2 aromatic rings. The van der Waals surface area contributed by atoms with E-state index >= 15 is 0 Å². The van der Waals surface area contributed by atoms with E-state index in [1.165, 1.54) is 19.2 Å². The molecule has 94 valence electrons. The summed E-state index contributed by atoms with van der Waals surface area (Å²) in [6.45, 7) is 1.71. The van der Waals surface area contributed by atoms with Crippen molar-refractivity contribution in [1.29, 1.82) is 0 Å². The lowest BCUT2D eigenvalue weighted by molar-refractivity contribution is 0.102. The number of halogens is 1. The number of benzene rings is 1. The van der Waals surface area contributed by atoms with Crippen LogP contribution in [0.25, 0.3) is 0 Å². The van der Waals surface area contributed by atoms with E-state index in [2.05, 4.69) is 20.5 Å². The lowest BCUT2D eigenvalue weighted by Crippen LogP contribution is -2.13. The number of amides is 1. The van der Waals surface area contributed by atoms with Crippen LogP contribution in [0.2, 0.25) is 0 Å². The number of nitrogens with one attached hydrogen (secondary N) is 2. The van der Waals surface area contributed by atoms with Crippen LogP contribution in [0.15, 0.2) is 18.2 Å². The summed E-state index contributed by atoms with van der Waals surface area (Å²) in [6.07, 6.45) is 0. The molecule has 18 heavy (non-hydrogen) atoms. The predicted molar refractivity (Wildman–Crippen MR) is 62.0 cm³/mol. The molecule has 1 heterocycles. The van der Waals surface area contributed by atoms with Crippen LogP contribution < -0.4 is 10.1 Å². The molecule has 0 unspecified atom stereocenters. The third kappa shape index (κ3) is 2.45. The molecule has 2 N–H and O–H groups in total. The molecule has 0 bridgehead atoms. The van der Waals surface area contributed by atoms with Gasteiger partial charge < -0.3 is 4.74 Å². The summed E-state index contributed by atoms with van der Waals surface area (Å²) >= 11 is 0. The average Bonchev–Trinajstić information content (AvgIpc) is 2.75. The fraction of sp³-hybridized carbons (Fsp3) is 0.182. The fourth-order valence-corrected chi connectivity index (χ4v) is 1.37. The highest BCUT2D eigenvalue weighted by Gasteiger charge is 2.12. The maximum absolute atomic E-state index is 13.2. The third-order valence-corrected chi connectivity index (χ3v) is 2.24. The Bertz CT molecular complexity index is 582. The van der Waals surface area contributed by atoms with Crippen LogP contribution in [-0.2, 0) is 0 Å². The third-order valence-electron chi connectivity index (χ3n) is 2.24. The van der Waals surface area contributed by atoms with Crippen LogP contribution >= 0.6 is 0 Å². The first-order valence-electron chi connectivity index (χ1n) is 5.14. The molecule has 7 heteroatoms. The molecule has 2 rings (SSSR count). The topological polar surface area (TPSA) is 79.9 Å². The second-order valence-electron chi connectivity index (χ2n) is 3.55. The number of anilines is 1. The van der Waals surface area contributed by atoms with Gasteiger partial charge in [-0.1, -0.05) is 0 Å². The maximum atomic E-state index is 13.2. The van der Waals surface area contributed by atoms with E-state index in [0.717, 1.165) is 6.07 Å². The van der Waals surface area contributed by atoms with Crippen LogP contribution in [-0.4, -0.2) is 28.2 Å². The van der Waals surface area contributed by atoms with Gasteiger partial charge in [0.15, 0.2) is 11.6 Å². The lowest BCUT2D eigenvalue weighted by Gasteiger charge is -2.05. The molecule has 0 saturated carbocycles. The molecule has 1 amide bonds. The first kappa shape index (κ1) is 12.0. The number of hydrogen-bond acceptors (Lipinski definition) is 4. The Balaban J connectivity index is 2.18. The number of carbonyl (C=O) groups is 1. The maximum Gasteiger partial charge on any atom is 0.258 e. The lowest BCUT2D eigenvalue weighted by atomic mass is 10.2. The van der Waals surface area contributed by atoms with E-state index in [0.29, 0.717) is 5.82 Å². The molecule has 0 aliphatic heterocycles. The Morgan fingerprint density at radius 3 is 2.89 bits per heavy atom. The number of rotatable bonds is 3. The number of methoxy groups -OCH3 is 1. The van der Waals surface area contributed by atoms with E-state index in [9.17, 15) is 9.18 Å². The minimum Gasteiger partial charge on any atom is -0.494 e. The van der Waals surface area contributed by atoms with Crippen molar-refractivity contribution < 1.29 is 13.9 Å². The number of aromatic amines is 1. The summed E-state index contributed by atoms with van der Waals surface area (Å²) in [4.78, 5) is 15.8. The molecule has 0 atom stereocenters. The summed E-state index contributed by atoms with van der Waals surface area (Å²) in [5.74, 6) is -0.202. The molecule has 6 nitrogen and oxygen atoms in total. The highest BCUT2D eigenvalue weighted by atomic mass is 19.1. The number of carbonyl (C=O) groups excluding carboxylic acids is 1. The molecule has 0 aliphatic carbocycles. The Morgan fingerprint density at radius 1 is 1.50 bits per heavy atom. The number of aromatic nitrogens is 3. The molecule has 0 aliphatic rings. The van der Waals surface area contributed by atoms with Gasteiger partial charge >= 0.3 is 0 Å². The van der Waals surface area contributed by atoms with Crippen molar-refractivity contribution in [3.8, 4) is 5.75 Å². The highest BCUT2D eigenvalue weighted by Crippen LogP contribution is 2.18. The van der Waals surface area contributed by atoms with Crippen LogP contribution in [0.4, 0.5) is 10.3 Å². The molecule has 0 radical (unpaired) electrons. The number of H-pyrrole nitrogens is 1. The summed E-state index contributed by atoms with van der Waals surface area (Å²) in [5, 5.41) is 8.84. The van der Waals surface area contributed by atoms with Gasteiger partial charge in [-0.05, 0) is 25.1 Å². The Kier molecular flexibility index (Phi) is 3.22. The highest BCUT2D eigenvalue weighted by molar-refractivity contribution is 6.03. The van der Waals surface area contributed by atoms with Crippen molar-refractivity contribution in [3.63, 3.8) is 0 Å². The summed E-state index contributed by atoms with van der Waals surface area (Å²) in [6, 6.07) is 3.83. The van der Waals surface area contributed by atoms with Crippen LogP contribution in [0.5, 0.6) is 5.75 Å². The molecular formula is C11H11FN4O2. The number of aryl methyl sites for hydroxylation is 1. The largest absolute Gasteiger partial charge is 0.494 e. The van der Waals surface area contributed by atoms with Crippen molar-refractivity contribution in [1.82, 2.24) is 15.2 Å². The van der Waals surface area contributed by atoms with Crippen LogP contribution in [0, 0.1) is 12.7 Å². The monoisotopic (exact) mass is 250 g/mol. The zero-order valence-corrected chi connectivity index (χ0v) is 9.82. The van der Waals surface area contributed by atoms with Gasteiger partial charge in [-0.2, -0.15) is 4.98 Å². The summed E-state index contributed by atoms with van der Waals surface area (Å²) in [5.41, 5.74) is 0.260. The first-order chi connectivity index (χ1) is 8.60. The SMILES string of the molecule is COc1cc(C(=O)Nc2n[nH]c(C)n2)ccc1F. The van der Waals surface area contributed by atoms with Gasteiger partial charge in [-0.15, -0.1) is 5.10 Å². The van der Waals surface area contributed by atoms with E-state index < -0.39 is 11.7 Å². The van der Waals surface area contributed by atoms with Crippen molar-refractivity contribution >= 4 is 11.9 Å². The standard InChI is InChI=1S/C11H11FN4O2/c1-6-13-11(16-15-6)14-10(17)7-3-4-8(12)9(5-7)18-2/h3-5H,1-2H3,(H2,13,14,15,16,17). The second kappa shape index (κ2) is 4.82. The zero-order valence-electron chi connectivity index (χ0n) is 9.82. The molecule has 1 aromatic carbocycles. The van der Waals surface area contributed by atoms with Gasteiger partial charge in [-0.25, -0.2) is 4.39 Å². The van der Waals surface area contributed by atoms with Crippen molar-refractivity contribution in [2.75, 3.05) is 12.4 Å². The number of hydrogen-bond donors (Lipinski definition) is 2. The first-order valence-corrected chi connectivity index (χ1v) is 5.14. The fourth-order valence-electron chi connectivity index (χ4n) is 1.37. The van der Waals surface area contributed by atoms with Gasteiger partial charge in [0.2, 0.25) is 5.95 Å².